The minimum atomic E-state index is 0.262. The van der Waals surface area contributed by atoms with Crippen LogP contribution in [0.5, 0.6) is 0 Å². The molecule has 2 N–H and O–H groups in total. The van der Waals surface area contributed by atoms with Crippen molar-refractivity contribution in [2.24, 2.45) is 5.41 Å². The van der Waals surface area contributed by atoms with E-state index in [4.69, 9.17) is 0 Å². The quantitative estimate of drug-likeness (QED) is 0.814. The third-order valence-corrected chi connectivity index (χ3v) is 4.92. The van der Waals surface area contributed by atoms with Crippen molar-refractivity contribution in [2.45, 2.75) is 83.8 Å². The smallest absolute Gasteiger partial charge is 0.0584 e. The number of nitrogens with zero attached hydrogens (tertiary/aromatic N) is 1. The molecule has 1 unspecified atom stereocenters. The van der Waals surface area contributed by atoms with Gasteiger partial charge < -0.3 is 15.3 Å². The molecule has 1 aliphatic carbocycles. The summed E-state index contributed by atoms with van der Waals surface area (Å²) in [6.45, 7) is 9.51. The first-order valence-corrected chi connectivity index (χ1v) is 8.59. The fourth-order valence-electron chi connectivity index (χ4n) is 3.95. The highest BCUT2D eigenvalue weighted by Gasteiger charge is 2.28. The molecule has 20 heavy (non-hydrogen) atoms. The largest absolute Gasteiger partial charge is 0.395 e. The van der Waals surface area contributed by atoms with Crippen LogP contribution in [0.3, 0.4) is 0 Å². The summed E-state index contributed by atoms with van der Waals surface area (Å²) in [6, 6.07) is 1.74. The van der Waals surface area contributed by atoms with Crippen LogP contribution in [-0.2, 0) is 0 Å². The molecule has 118 valence electrons. The van der Waals surface area contributed by atoms with Crippen LogP contribution in [0.4, 0.5) is 0 Å². The lowest BCUT2D eigenvalue weighted by molar-refractivity contribution is 0.125. The van der Waals surface area contributed by atoms with Crippen molar-refractivity contribution in [3.63, 3.8) is 0 Å². The van der Waals surface area contributed by atoms with Gasteiger partial charge in [-0.15, -0.1) is 0 Å². The Morgan fingerprint density at radius 3 is 2.20 bits per heavy atom. The highest BCUT2D eigenvalue weighted by Crippen LogP contribution is 2.27. The molecular weight excluding hydrogens is 248 g/mol. The average Bonchev–Trinajstić information content (AvgIpc) is 2.91. The second-order valence-electron chi connectivity index (χ2n) is 8.06. The first-order valence-electron chi connectivity index (χ1n) is 8.59. The normalized spacial score (nSPS) is 25.2. The Balaban J connectivity index is 1.72. The van der Waals surface area contributed by atoms with E-state index in [1.807, 2.05) is 0 Å². The lowest BCUT2D eigenvalue weighted by Crippen LogP contribution is -2.50. The summed E-state index contributed by atoms with van der Waals surface area (Å²) in [5.74, 6) is 0. The Kier molecular flexibility index (Phi) is 5.88. The SMILES string of the molecule is CC(C)(C)CC(CO)NC1CCN(C2CCCC2)CC1. The third-order valence-electron chi connectivity index (χ3n) is 4.92. The summed E-state index contributed by atoms with van der Waals surface area (Å²) in [7, 11) is 0. The Bertz CT molecular complexity index is 273. The van der Waals surface area contributed by atoms with Crippen molar-refractivity contribution in [3.8, 4) is 0 Å². The maximum absolute atomic E-state index is 9.57. The van der Waals surface area contributed by atoms with Gasteiger partial charge in [-0.1, -0.05) is 33.6 Å². The van der Waals surface area contributed by atoms with Gasteiger partial charge in [0.25, 0.3) is 0 Å². The van der Waals surface area contributed by atoms with Gasteiger partial charge in [-0.25, -0.2) is 0 Å². The molecule has 1 aliphatic heterocycles. The zero-order chi connectivity index (χ0) is 14.6. The van der Waals surface area contributed by atoms with E-state index in [0.29, 0.717) is 6.04 Å². The lowest BCUT2D eigenvalue weighted by Gasteiger charge is -2.38. The van der Waals surface area contributed by atoms with Crippen LogP contribution in [0, 0.1) is 5.41 Å². The summed E-state index contributed by atoms with van der Waals surface area (Å²) in [5, 5.41) is 13.3. The zero-order valence-electron chi connectivity index (χ0n) is 13.7. The molecule has 3 nitrogen and oxygen atoms in total. The summed E-state index contributed by atoms with van der Waals surface area (Å²) in [5.41, 5.74) is 0.283. The van der Waals surface area contributed by atoms with E-state index in [1.54, 1.807) is 0 Å². The maximum atomic E-state index is 9.57. The van der Waals surface area contributed by atoms with Crippen molar-refractivity contribution >= 4 is 0 Å². The third kappa shape index (κ3) is 5.01. The van der Waals surface area contributed by atoms with Crippen molar-refractivity contribution in [1.29, 1.82) is 0 Å². The van der Waals surface area contributed by atoms with E-state index in [-0.39, 0.29) is 18.1 Å². The zero-order valence-corrected chi connectivity index (χ0v) is 13.7. The maximum Gasteiger partial charge on any atom is 0.0584 e. The van der Waals surface area contributed by atoms with Crippen LogP contribution in [0.2, 0.25) is 0 Å². The van der Waals surface area contributed by atoms with E-state index >= 15 is 0 Å². The predicted octanol–water partition coefficient (Wildman–Crippen LogP) is 2.78. The fraction of sp³-hybridized carbons (Fsp3) is 1.00. The number of aliphatic hydroxyl groups excluding tert-OH is 1. The molecule has 0 spiro atoms. The number of likely N-dealkylation sites (tertiary alicyclic amines) is 1. The van der Waals surface area contributed by atoms with Gasteiger partial charge in [0.15, 0.2) is 0 Å². The Labute approximate surface area is 125 Å². The van der Waals surface area contributed by atoms with Crippen LogP contribution in [-0.4, -0.2) is 47.8 Å². The van der Waals surface area contributed by atoms with E-state index in [1.165, 1.54) is 51.6 Å². The second kappa shape index (κ2) is 7.24. The van der Waals surface area contributed by atoms with Gasteiger partial charge >= 0.3 is 0 Å². The van der Waals surface area contributed by atoms with E-state index in [9.17, 15) is 5.11 Å². The van der Waals surface area contributed by atoms with E-state index < -0.39 is 0 Å². The summed E-state index contributed by atoms with van der Waals surface area (Å²) >= 11 is 0. The molecule has 0 radical (unpaired) electrons. The van der Waals surface area contributed by atoms with Crippen LogP contribution in [0.1, 0.15) is 65.7 Å². The van der Waals surface area contributed by atoms with Crippen LogP contribution < -0.4 is 5.32 Å². The van der Waals surface area contributed by atoms with Crippen molar-refractivity contribution in [1.82, 2.24) is 10.2 Å². The first-order chi connectivity index (χ1) is 9.48. The molecule has 2 aliphatic rings. The minimum absolute atomic E-state index is 0.262. The minimum Gasteiger partial charge on any atom is -0.395 e. The molecule has 1 saturated heterocycles. The first kappa shape index (κ1) is 16.3. The molecule has 0 aromatic rings. The Hall–Kier alpha value is -0.120. The molecular formula is C17H34N2O. The standard InChI is InChI=1S/C17H34N2O/c1-17(2,3)12-15(13-20)18-14-8-10-19(11-9-14)16-6-4-5-7-16/h14-16,18,20H,4-13H2,1-3H3. The van der Waals surface area contributed by atoms with E-state index in [2.05, 4.69) is 31.0 Å². The summed E-state index contributed by atoms with van der Waals surface area (Å²) < 4.78 is 0. The van der Waals surface area contributed by atoms with Crippen LogP contribution in [0.25, 0.3) is 0 Å². The van der Waals surface area contributed by atoms with E-state index in [0.717, 1.165) is 12.5 Å². The Morgan fingerprint density at radius 2 is 1.70 bits per heavy atom. The molecule has 0 aromatic heterocycles. The lowest BCUT2D eigenvalue weighted by atomic mass is 9.87. The molecule has 2 fully saturated rings. The van der Waals surface area contributed by atoms with Crippen LogP contribution >= 0.6 is 0 Å². The van der Waals surface area contributed by atoms with Crippen molar-refractivity contribution in [3.05, 3.63) is 0 Å². The predicted molar refractivity (Wildman–Crippen MR) is 84.9 cm³/mol. The Morgan fingerprint density at radius 1 is 1.10 bits per heavy atom. The molecule has 1 saturated carbocycles. The van der Waals surface area contributed by atoms with Gasteiger partial charge in [-0.05, 0) is 50.6 Å². The molecule has 0 aromatic carbocycles. The molecule has 3 heteroatoms. The van der Waals surface area contributed by atoms with Gasteiger partial charge in [0.1, 0.15) is 0 Å². The van der Waals surface area contributed by atoms with Crippen molar-refractivity contribution in [2.75, 3.05) is 19.7 Å². The molecule has 1 heterocycles. The van der Waals surface area contributed by atoms with Crippen LogP contribution in [0.15, 0.2) is 0 Å². The second-order valence-corrected chi connectivity index (χ2v) is 8.06. The molecule has 2 rings (SSSR count). The molecule has 0 bridgehead atoms. The fourth-order valence-corrected chi connectivity index (χ4v) is 3.95. The highest BCUT2D eigenvalue weighted by atomic mass is 16.3. The number of rotatable bonds is 5. The van der Waals surface area contributed by atoms with Gasteiger partial charge in [-0.2, -0.15) is 0 Å². The average molecular weight is 282 g/mol. The van der Waals surface area contributed by atoms with Crippen molar-refractivity contribution < 1.29 is 5.11 Å². The summed E-state index contributed by atoms with van der Waals surface area (Å²) in [4.78, 5) is 2.71. The number of hydrogen-bond donors (Lipinski definition) is 2. The monoisotopic (exact) mass is 282 g/mol. The number of piperidine rings is 1. The number of aliphatic hydroxyl groups is 1. The highest BCUT2D eigenvalue weighted by molar-refractivity contribution is 4.86. The van der Waals surface area contributed by atoms with Gasteiger partial charge in [0.2, 0.25) is 0 Å². The topological polar surface area (TPSA) is 35.5 Å². The van der Waals surface area contributed by atoms with Gasteiger partial charge in [-0.3, -0.25) is 0 Å². The van der Waals surface area contributed by atoms with Gasteiger partial charge in [0.05, 0.1) is 6.61 Å². The molecule has 1 atom stereocenters. The van der Waals surface area contributed by atoms with Gasteiger partial charge in [0, 0.05) is 18.1 Å². The number of nitrogens with one attached hydrogen (secondary N) is 1. The number of hydrogen-bond acceptors (Lipinski definition) is 3. The molecule has 0 amide bonds. The summed E-state index contributed by atoms with van der Waals surface area (Å²) in [6.07, 6.45) is 9.24.